The van der Waals surface area contributed by atoms with E-state index in [1.807, 2.05) is 68.4 Å². The third-order valence-corrected chi connectivity index (χ3v) is 10.4. The summed E-state index contributed by atoms with van der Waals surface area (Å²) in [6, 6.07) is 15.1. The molecule has 1 heterocycles. The lowest BCUT2D eigenvalue weighted by atomic mass is 9.83. The molecule has 45 heavy (non-hydrogen) atoms. The van der Waals surface area contributed by atoms with Crippen LogP contribution in [0.2, 0.25) is 0 Å². The first-order chi connectivity index (χ1) is 21.6. The number of hydrogen-bond acceptors (Lipinski definition) is 9. The van der Waals surface area contributed by atoms with Crippen molar-refractivity contribution in [3.8, 4) is 17.0 Å². The number of aromatic nitrogens is 2. The molecule has 0 saturated heterocycles. The van der Waals surface area contributed by atoms with Gasteiger partial charge < -0.3 is 26.0 Å². The van der Waals surface area contributed by atoms with E-state index in [1.54, 1.807) is 32.8 Å². The predicted molar refractivity (Wildman–Crippen MR) is 181 cm³/mol. The monoisotopic (exact) mass is 652 g/mol. The molecule has 1 aliphatic rings. The van der Waals surface area contributed by atoms with E-state index in [1.165, 1.54) is 0 Å². The van der Waals surface area contributed by atoms with Gasteiger partial charge >= 0.3 is 0 Å². The van der Waals surface area contributed by atoms with E-state index < -0.39 is 22.9 Å². The molecular formula is C33H44N6O4S2. The zero-order valence-corrected chi connectivity index (χ0v) is 28.2. The maximum Gasteiger partial charge on any atom is 0.249 e. The first-order valence-electron chi connectivity index (χ1n) is 15.4. The van der Waals surface area contributed by atoms with Crippen LogP contribution in [0, 0.1) is 5.92 Å². The Kier molecular flexibility index (Phi) is 12.4. The van der Waals surface area contributed by atoms with Gasteiger partial charge in [0.2, 0.25) is 17.7 Å². The lowest BCUT2D eigenvalue weighted by Crippen LogP contribution is -2.61. The van der Waals surface area contributed by atoms with Crippen LogP contribution in [-0.2, 0) is 20.1 Å². The van der Waals surface area contributed by atoms with Crippen LogP contribution in [0.5, 0.6) is 5.75 Å². The molecule has 2 aromatic carbocycles. The van der Waals surface area contributed by atoms with Gasteiger partial charge in [-0.3, -0.25) is 14.4 Å². The van der Waals surface area contributed by atoms with Crippen molar-refractivity contribution >= 4 is 46.0 Å². The van der Waals surface area contributed by atoms with Crippen LogP contribution in [0.15, 0.2) is 54.6 Å². The molecule has 0 bridgehead atoms. The number of anilines is 1. The number of methoxy groups -OCH3 is 1. The van der Waals surface area contributed by atoms with Gasteiger partial charge in [0.15, 0.2) is 0 Å². The minimum Gasteiger partial charge on any atom is -0.497 e. The Hall–Kier alpha value is -3.48. The summed E-state index contributed by atoms with van der Waals surface area (Å²) in [6.45, 7) is 5.66. The highest BCUT2D eigenvalue weighted by Crippen LogP contribution is 2.35. The summed E-state index contributed by atoms with van der Waals surface area (Å²) in [4.78, 5) is 41.2. The number of ether oxygens (including phenoxy) is 1. The van der Waals surface area contributed by atoms with Crippen molar-refractivity contribution in [2.75, 3.05) is 19.5 Å². The van der Waals surface area contributed by atoms with Crippen LogP contribution < -0.4 is 26.0 Å². The topological polar surface area (TPSA) is 134 Å². The van der Waals surface area contributed by atoms with Crippen LogP contribution in [0.3, 0.4) is 0 Å². The van der Waals surface area contributed by atoms with E-state index in [9.17, 15) is 14.4 Å². The van der Waals surface area contributed by atoms with Crippen LogP contribution in [-0.4, -0.2) is 64.3 Å². The summed E-state index contributed by atoms with van der Waals surface area (Å²) in [6.07, 6.45) is 4.79. The fraction of sp³-hybridized carbons (Fsp3) is 0.485. The van der Waals surface area contributed by atoms with Gasteiger partial charge in [0.1, 0.15) is 28.5 Å². The molecule has 4 N–H and O–H groups in total. The minimum absolute atomic E-state index is 0.0130. The minimum atomic E-state index is -0.941. The van der Waals surface area contributed by atoms with Gasteiger partial charge in [-0.2, -0.15) is 0 Å². The van der Waals surface area contributed by atoms with Crippen LogP contribution in [0.25, 0.3) is 11.3 Å². The molecule has 0 spiro atoms. The average Bonchev–Trinajstić information content (AvgIpc) is 3.53. The van der Waals surface area contributed by atoms with Gasteiger partial charge in [-0.1, -0.05) is 66.2 Å². The highest BCUT2D eigenvalue weighted by Gasteiger charge is 2.41. The van der Waals surface area contributed by atoms with Gasteiger partial charge in [-0.05, 0) is 64.3 Å². The zero-order valence-electron chi connectivity index (χ0n) is 26.6. The van der Waals surface area contributed by atoms with Crippen molar-refractivity contribution in [1.82, 2.24) is 25.5 Å². The first kappa shape index (κ1) is 34.4. The number of amides is 3. The molecule has 1 aliphatic carbocycles. The number of nitrogens with one attached hydrogen (secondary N) is 4. The molecular weight excluding hydrogens is 609 g/mol. The van der Waals surface area contributed by atoms with E-state index in [-0.39, 0.29) is 23.6 Å². The second kappa shape index (κ2) is 16.2. The lowest BCUT2D eigenvalue weighted by Gasteiger charge is -2.36. The number of thioether (sulfide) groups is 1. The third kappa shape index (κ3) is 9.27. The van der Waals surface area contributed by atoms with Crippen molar-refractivity contribution in [2.45, 2.75) is 81.5 Å². The number of benzene rings is 2. The number of hydrogen-bond donors (Lipinski definition) is 4. The summed E-state index contributed by atoms with van der Waals surface area (Å²) < 4.78 is 8.64. The molecule has 12 heteroatoms. The van der Waals surface area contributed by atoms with E-state index >= 15 is 0 Å². The molecule has 3 amide bonds. The molecule has 1 saturated carbocycles. The summed E-state index contributed by atoms with van der Waals surface area (Å²) in [7, 11) is 3.34. The highest BCUT2D eigenvalue weighted by atomic mass is 32.2. The number of likely N-dealkylation sites (N-methyl/N-ethyl adjacent to an activating group) is 1. The van der Waals surface area contributed by atoms with Gasteiger partial charge in [-0.15, -0.1) is 16.9 Å². The van der Waals surface area contributed by atoms with Crippen molar-refractivity contribution in [3.63, 3.8) is 0 Å². The zero-order chi connectivity index (χ0) is 32.4. The SMILES string of the molecule is CN[C@@H](C)C(=O)N[C@H](C(=O)N[C@H](C(=O)Nc1snnc1-c1ccccc1)C(C)(C)SCc1ccc(OC)cc1)C1CCCCC1. The van der Waals surface area contributed by atoms with Gasteiger partial charge in [0.25, 0.3) is 0 Å². The van der Waals surface area contributed by atoms with E-state index in [2.05, 4.69) is 30.9 Å². The molecule has 4 rings (SSSR count). The molecule has 1 fully saturated rings. The normalized spacial score (nSPS) is 15.8. The highest BCUT2D eigenvalue weighted by molar-refractivity contribution is 7.99. The average molecular weight is 653 g/mol. The maximum atomic E-state index is 14.1. The quantitative estimate of drug-likeness (QED) is 0.191. The Morgan fingerprint density at radius 1 is 0.978 bits per heavy atom. The Morgan fingerprint density at radius 3 is 2.31 bits per heavy atom. The van der Waals surface area contributed by atoms with Gasteiger partial charge in [0.05, 0.1) is 13.2 Å². The number of carbonyl (C=O) groups is 3. The molecule has 0 unspecified atom stereocenters. The molecule has 1 aromatic heterocycles. The second-order valence-electron chi connectivity index (χ2n) is 11.9. The lowest BCUT2D eigenvalue weighted by molar-refractivity contribution is -0.133. The fourth-order valence-corrected chi connectivity index (χ4v) is 7.04. The molecule has 242 valence electrons. The number of carbonyl (C=O) groups excluding carboxylic acids is 3. The molecule has 3 atom stereocenters. The van der Waals surface area contributed by atoms with Gasteiger partial charge in [-0.25, -0.2) is 0 Å². The fourth-order valence-electron chi connectivity index (χ4n) is 5.38. The Balaban J connectivity index is 1.60. The van der Waals surface area contributed by atoms with Crippen molar-refractivity contribution in [2.24, 2.45) is 5.92 Å². The van der Waals surface area contributed by atoms with Crippen molar-refractivity contribution < 1.29 is 19.1 Å². The first-order valence-corrected chi connectivity index (χ1v) is 17.1. The van der Waals surface area contributed by atoms with Crippen LogP contribution in [0.1, 0.15) is 58.4 Å². The Labute approximate surface area is 274 Å². The summed E-state index contributed by atoms with van der Waals surface area (Å²) in [5.74, 6) is 0.375. The summed E-state index contributed by atoms with van der Waals surface area (Å²) in [5.41, 5.74) is 2.45. The van der Waals surface area contributed by atoms with Crippen LogP contribution in [0.4, 0.5) is 5.00 Å². The smallest absolute Gasteiger partial charge is 0.249 e. The van der Waals surface area contributed by atoms with E-state index in [0.29, 0.717) is 16.4 Å². The molecule has 3 aromatic rings. The third-order valence-electron chi connectivity index (χ3n) is 8.31. The van der Waals surface area contributed by atoms with Crippen molar-refractivity contribution in [3.05, 3.63) is 60.2 Å². The largest absolute Gasteiger partial charge is 0.497 e. The Morgan fingerprint density at radius 2 is 1.67 bits per heavy atom. The molecule has 0 radical (unpaired) electrons. The number of rotatable bonds is 14. The maximum absolute atomic E-state index is 14.1. The Bertz CT molecular complexity index is 1410. The van der Waals surface area contributed by atoms with Crippen LogP contribution >= 0.6 is 23.3 Å². The number of nitrogens with zero attached hydrogens (tertiary/aromatic N) is 2. The van der Waals surface area contributed by atoms with E-state index in [0.717, 1.165) is 60.5 Å². The van der Waals surface area contributed by atoms with Gasteiger partial charge in [0, 0.05) is 27.6 Å². The molecule has 10 nitrogen and oxygen atoms in total. The molecule has 0 aliphatic heterocycles. The van der Waals surface area contributed by atoms with E-state index in [4.69, 9.17) is 4.74 Å². The summed E-state index contributed by atoms with van der Waals surface area (Å²) in [5, 5.41) is 16.8. The second-order valence-corrected chi connectivity index (χ2v) is 14.3. The summed E-state index contributed by atoms with van der Waals surface area (Å²) >= 11 is 2.65. The van der Waals surface area contributed by atoms with Crippen molar-refractivity contribution in [1.29, 1.82) is 0 Å². The predicted octanol–water partition coefficient (Wildman–Crippen LogP) is 5.02. The standard InChI is InChI=1S/C33H44N6O4S2/c1-21(34-4)29(40)35-26(23-12-8-6-9-13-23)30(41)36-28(33(2,3)44-20-22-16-18-25(43-5)19-17-22)31(42)37-32-27(38-39-45-32)24-14-10-7-11-15-24/h7,10-11,14-19,21,23,26,28,34H,6,8-9,12-13,20H2,1-5H3,(H,35,40)(H,36,41)(H,37,42)/t21-,26-,28+/m0/s1.